The summed E-state index contributed by atoms with van der Waals surface area (Å²) in [4.78, 5) is 7.08. The van der Waals surface area contributed by atoms with Gasteiger partial charge in [-0.05, 0) is 43.7 Å². The van der Waals surface area contributed by atoms with Gasteiger partial charge < -0.3 is 10.6 Å². The molecule has 0 spiro atoms. The van der Waals surface area contributed by atoms with E-state index in [1.165, 1.54) is 15.4 Å². The maximum atomic E-state index is 4.57. The summed E-state index contributed by atoms with van der Waals surface area (Å²) in [5.74, 6) is 0.868. The zero-order chi connectivity index (χ0) is 15.6. The Hall–Kier alpha value is -1.94. The highest BCUT2D eigenvalue weighted by Gasteiger charge is 1.99. The lowest BCUT2D eigenvalue weighted by molar-refractivity contribution is 0.839. The molecule has 0 fully saturated rings. The molecule has 0 heterocycles. The van der Waals surface area contributed by atoms with Crippen molar-refractivity contribution in [2.45, 2.75) is 30.2 Å². The van der Waals surface area contributed by atoms with Crippen LogP contribution in [0.25, 0.3) is 0 Å². The van der Waals surface area contributed by atoms with E-state index >= 15 is 0 Å². The minimum absolute atomic E-state index is 0.686. The van der Waals surface area contributed by atoms with Gasteiger partial charge in [-0.25, -0.2) is 4.99 Å². The van der Waals surface area contributed by atoms with E-state index in [1.54, 1.807) is 11.8 Å². The molecule has 0 aliphatic heterocycles. The molecule has 0 bridgehead atoms. The normalized spacial score (nSPS) is 10.1. The quantitative estimate of drug-likeness (QED) is 0.627. The molecule has 0 unspecified atom stereocenters. The molecule has 2 aromatic carbocycles. The Morgan fingerprint density at radius 2 is 1.45 bits per heavy atom. The molecule has 0 aliphatic carbocycles. The van der Waals surface area contributed by atoms with Crippen LogP contribution < -0.4 is 10.6 Å². The Labute approximate surface area is 137 Å². The van der Waals surface area contributed by atoms with E-state index in [4.69, 9.17) is 0 Å². The van der Waals surface area contributed by atoms with Crippen LogP contribution in [0.4, 0.5) is 0 Å². The molecule has 3 nitrogen and oxygen atoms in total. The van der Waals surface area contributed by atoms with Crippen LogP contribution in [-0.2, 0) is 6.54 Å². The average molecular weight is 313 g/mol. The number of nitrogens with zero attached hydrogens (tertiary/aromatic N) is 1. The van der Waals surface area contributed by atoms with Crippen LogP contribution in [-0.4, -0.2) is 19.0 Å². The summed E-state index contributed by atoms with van der Waals surface area (Å²) in [6.07, 6.45) is 0. The van der Waals surface area contributed by atoms with E-state index in [2.05, 4.69) is 78.0 Å². The van der Waals surface area contributed by atoms with Gasteiger partial charge in [0, 0.05) is 22.9 Å². The Bertz CT molecular complexity index is 571. The Morgan fingerprint density at radius 3 is 2.05 bits per heavy atom. The predicted molar refractivity (Wildman–Crippen MR) is 95.5 cm³/mol. The molecule has 116 valence electrons. The van der Waals surface area contributed by atoms with Crippen molar-refractivity contribution in [2.24, 2.45) is 4.99 Å². The first-order valence-corrected chi connectivity index (χ1v) is 8.47. The number of hydrogen-bond acceptors (Lipinski definition) is 2. The SMILES string of the molecule is CCNC(=NCc1ccc(Sc2ccccc2)cc1)NCC. The third-order valence-corrected chi connectivity index (χ3v) is 4.03. The van der Waals surface area contributed by atoms with Crippen molar-refractivity contribution in [1.82, 2.24) is 10.6 Å². The third-order valence-electron chi connectivity index (χ3n) is 3.01. The third kappa shape index (κ3) is 5.45. The largest absolute Gasteiger partial charge is 0.357 e. The van der Waals surface area contributed by atoms with Gasteiger partial charge >= 0.3 is 0 Å². The van der Waals surface area contributed by atoms with E-state index in [0.717, 1.165) is 19.0 Å². The molecule has 0 radical (unpaired) electrons. The van der Waals surface area contributed by atoms with Crippen molar-refractivity contribution < 1.29 is 0 Å². The van der Waals surface area contributed by atoms with Crippen LogP contribution >= 0.6 is 11.8 Å². The fourth-order valence-corrected chi connectivity index (χ4v) is 2.80. The van der Waals surface area contributed by atoms with Crippen LogP contribution in [0.1, 0.15) is 19.4 Å². The summed E-state index contributed by atoms with van der Waals surface area (Å²) in [5.41, 5.74) is 1.21. The molecule has 0 aromatic heterocycles. The fraction of sp³-hybridized carbons (Fsp3) is 0.278. The molecule has 2 rings (SSSR count). The van der Waals surface area contributed by atoms with Crippen LogP contribution in [0.5, 0.6) is 0 Å². The first kappa shape index (κ1) is 16.4. The molecular weight excluding hydrogens is 290 g/mol. The van der Waals surface area contributed by atoms with Gasteiger partial charge in [0.1, 0.15) is 0 Å². The van der Waals surface area contributed by atoms with Crippen LogP contribution in [0.3, 0.4) is 0 Å². The van der Waals surface area contributed by atoms with E-state index in [1.807, 2.05) is 6.07 Å². The molecular formula is C18H23N3S. The standard InChI is InChI=1S/C18H23N3S/c1-3-19-18(20-4-2)21-14-15-10-12-17(13-11-15)22-16-8-6-5-7-9-16/h5-13H,3-4,14H2,1-2H3,(H2,19,20,21). The summed E-state index contributed by atoms with van der Waals surface area (Å²) in [5, 5.41) is 6.47. The van der Waals surface area contributed by atoms with Crippen molar-refractivity contribution in [3.05, 3.63) is 60.2 Å². The average Bonchev–Trinajstić information content (AvgIpc) is 2.55. The molecule has 0 amide bonds. The van der Waals surface area contributed by atoms with Gasteiger partial charge in [-0.1, -0.05) is 42.1 Å². The van der Waals surface area contributed by atoms with Crippen molar-refractivity contribution >= 4 is 17.7 Å². The predicted octanol–water partition coefficient (Wildman–Crippen LogP) is 3.91. The Kier molecular flexibility index (Phi) is 6.84. The lowest BCUT2D eigenvalue weighted by Crippen LogP contribution is -2.36. The molecule has 0 aliphatic rings. The van der Waals surface area contributed by atoms with Gasteiger partial charge in [0.15, 0.2) is 5.96 Å². The summed E-state index contributed by atoms with van der Waals surface area (Å²) in [6.45, 7) is 6.58. The van der Waals surface area contributed by atoms with Crippen molar-refractivity contribution in [2.75, 3.05) is 13.1 Å². The van der Waals surface area contributed by atoms with Gasteiger partial charge in [0.05, 0.1) is 6.54 Å². The van der Waals surface area contributed by atoms with E-state index < -0.39 is 0 Å². The number of guanidine groups is 1. The molecule has 0 saturated carbocycles. The molecule has 2 N–H and O–H groups in total. The zero-order valence-corrected chi connectivity index (χ0v) is 14.0. The summed E-state index contributed by atoms with van der Waals surface area (Å²) in [7, 11) is 0. The van der Waals surface area contributed by atoms with Gasteiger partial charge in [-0.2, -0.15) is 0 Å². The number of hydrogen-bond donors (Lipinski definition) is 2. The molecule has 4 heteroatoms. The number of nitrogens with one attached hydrogen (secondary N) is 2. The highest BCUT2D eigenvalue weighted by Crippen LogP contribution is 2.27. The minimum atomic E-state index is 0.686. The Balaban J connectivity index is 1.95. The number of rotatable bonds is 6. The van der Waals surface area contributed by atoms with E-state index in [9.17, 15) is 0 Å². The maximum absolute atomic E-state index is 4.57. The fourth-order valence-electron chi connectivity index (χ4n) is 1.97. The molecule has 0 saturated heterocycles. The topological polar surface area (TPSA) is 36.4 Å². The van der Waals surface area contributed by atoms with Gasteiger partial charge in [-0.3, -0.25) is 0 Å². The second-order valence-electron chi connectivity index (χ2n) is 4.78. The highest BCUT2D eigenvalue weighted by atomic mass is 32.2. The van der Waals surface area contributed by atoms with E-state index in [0.29, 0.717) is 6.54 Å². The molecule has 0 atom stereocenters. The monoisotopic (exact) mass is 313 g/mol. The first-order valence-electron chi connectivity index (χ1n) is 7.66. The lowest BCUT2D eigenvalue weighted by atomic mass is 10.2. The number of benzene rings is 2. The van der Waals surface area contributed by atoms with Crippen molar-refractivity contribution in [3.63, 3.8) is 0 Å². The van der Waals surface area contributed by atoms with Crippen molar-refractivity contribution in [3.8, 4) is 0 Å². The summed E-state index contributed by atoms with van der Waals surface area (Å²) >= 11 is 1.78. The second kappa shape index (κ2) is 9.15. The minimum Gasteiger partial charge on any atom is -0.357 e. The Morgan fingerprint density at radius 1 is 0.864 bits per heavy atom. The molecule has 2 aromatic rings. The second-order valence-corrected chi connectivity index (χ2v) is 5.93. The van der Waals surface area contributed by atoms with E-state index in [-0.39, 0.29) is 0 Å². The van der Waals surface area contributed by atoms with Gasteiger partial charge in [0.2, 0.25) is 0 Å². The zero-order valence-electron chi connectivity index (χ0n) is 13.2. The highest BCUT2D eigenvalue weighted by molar-refractivity contribution is 7.99. The molecule has 22 heavy (non-hydrogen) atoms. The smallest absolute Gasteiger partial charge is 0.191 e. The van der Waals surface area contributed by atoms with Crippen LogP contribution in [0.15, 0.2) is 69.4 Å². The van der Waals surface area contributed by atoms with Gasteiger partial charge in [0.25, 0.3) is 0 Å². The first-order chi connectivity index (χ1) is 10.8. The lowest BCUT2D eigenvalue weighted by Gasteiger charge is -2.09. The summed E-state index contributed by atoms with van der Waals surface area (Å²) in [6, 6.07) is 19.0. The van der Waals surface area contributed by atoms with Crippen LogP contribution in [0, 0.1) is 0 Å². The van der Waals surface area contributed by atoms with Gasteiger partial charge in [-0.15, -0.1) is 0 Å². The maximum Gasteiger partial charge on any atom is 0.191 e. The van der Waals surface area contributed by atoms with Crippen LogP contribution in [0.2, 0.25) is 0 Å². The summed E-state index contributed by atoms with van der Waals surface area (Å²) < 4.78 is 0. The number of aliphatic imine (C=N–C) groups is 1. The van der Waals surface area contributed by atoms with Crippen molar-refractivity contribution in [1.29, 1.82) is 0 Å².